The first-order valence-electron chi connectivity index (χ1n) is 25.2. The lowest BCUT2D eigenvalue weighted by molar-refractivity contribution is -0.165. The molecular formula is C54H60FN7O13. The maximum atomic E-state index is 15.4. The van der Waals surface area contributed by atoms with Crippen molar-refractivity contribution in [2.24, 2.45) is 17.8 Å². The molecule has 2 saturated carbocycles. The number of aliphatic hydroxyl groups is 1. The lowest BCUT2D eigenvalue weighted by atomic mass is 9.62. The SMILES string of the molecule is CC[C@]1(O)CC2=C(OC1=O)C(=O)C1CC3=C4C5C(=C(C)C(F)=CC5C=C3C1=C2)CC[C@@H]4NC(=O)COCNC(=O)CNC(=O)[C@H](Cc1ccccc1)NC(=O)CNC(=O)CNC(=O)CCCCCN1C(=O)C=CC1=O. The molecule has 1 aromatic carbocycles. The molecule has 5 aliphatic carbocycles. The molecule has 0 aromatic heterocycles. The molecule has 7 N–H and O–H groups in total. The Morgan fingerprint density at radius 2 is 1.59 bits per heavy atom. The number of benzene rings is 1. The molecule has 396 valence electrons. The first-order valence-corrected chi connectivity index (χ1v) is 25.2. The van der Waals surface area contributed by atoms with E-state index in [9.17, 15) is 53.1 Å². The van der Waals surface area contributed by atoms with Crippen molar-refractivity contribution in [3.63, 3.8) is 0 Å². The quantitative estimate of drug-likeness (QED) is 0.0375. The summed E-state index contributed by atoms with van der Waals surface area (Å²) in [5.41, 5.74) is 4.05. The van der Waals surface area contributed by atoms with E-state index in [2.05, 4.69) is 31.9 Å². The van der Waals surface area contributed by atoms with Gasteiger partial charge in [0.1, 0.15) is 25.2 Å². The van der Waals surface area contributed by atoms with Crippen LogP contribution in [0.3, 0.4) is 0 Å². The topological polar surface area (TPSA) is 285 Å². The number of allylic oxidation sites excluding steroid dienone is 10. The highest BCUT2D eigenvalue weighted by atomic mass is 19.1. The summed E-state index contributed by atoms with van der Waals surface area (Å²) in [7, 11) is 0. The van der Waals surface area contributed by atoms with Gasteiger partial charge in [-0.2, -0.15) is 0 Å². The van der Waals surface area contributed by atoms with Gasteiger partial charge in [0, 0.05) is 55.4 Å². The van der Waals surface area contributed by atoms with Crippen molar-refractivity contribution < 1.29 is 66.9 Å². The molecule has 0 bridgehead atoms. The number of hydrogen-bond acceptors (Lipinski definition) is 13. The molecule has 0 radical (unpaired) electrons. The molecule has 2 fully saturated rings. The van der Waals surface area contributed by atoms with E-state index in [1.807, 2.05) is 12.2 Å². The van der Waals surface area contributed by atoms with Gasteiger partial charge in [-0.05, 0) is 85.0 Å². The van der Waals surface area contributed by atoms with Crippen molar-refractivity contribution in [1.29, 1.82) is 0 Å². The summed E-state index contributed by atoms with van der Waals surface area (Å²) in [5, 5.41) is 26.4. The number of hydrogen-bond donors (Lipinski definition) is 7. The Morgan fingerprint density at radius 3 is 2.33 bits per heavy atom. The third-order valence-corrected chi connectivity index (χ3v) is 14.7. The zero-order valence-electron chi connectivity index (χ0n) is 41.6. The number of unbranched alkanes of at least 4 members (excludes halogenated alkanes) is 2. The average molecular weight is 1030 g/mol. The Morgan fingerprint density at radius 1 is 0.880 bits per heavy atom. The van der Waals surface area contributed by atoms with E-state index >= 15 is 4.39 Å². The molecule has 6 atom stereocenters. The second-order valence-electron chi connectivity index (χ2n) is 19.6. The normalized spacial score (nSPS) is 23.7. The molecule has 0 spiro atoms. The maximum absolute atomic E-state index is 15.4. The number of esters is 1. The third kappa shape index (κ3) is 12.2. The van der Waals surface area contributed by atoms with Crippen LogP contribution in [0.2, 0.25) is 0 Å². The summed E-state index contributed by atoms with van der Waals surface area (Å²) in [6.07, 6.45) is 10.8. The highest BCUT2D eigenvalue weighted by molar-refractivity contribution is 6.13. The molecular weight excluding hydrogens is 974 g/mol. The van der Waals surface area contributed by atoms with Crippen molar-refractivity contribution in [3.05, 3.63) is 117 Å². The number of amides is 8. The fourth-order valence-electron chi connectivity index (χ4n) is 10.7. The standard InChI is InChI=1S/C54H60FN7O13/c1-3-54(73)23-32-20-35-34-19-31-21-38(55)29(2)33-13-14-39(49(48(31)33)36(34)22-37(35)50(70)51(32)75-53(54)72)60-45(67)27-74-28-59-43(65)25-58-52(71)40(18-30-10-6-4-7-11-30)61-44(66)26-57-42(64)24-56-41(63)12-8-5-9-17-62-46(68)15-16-47(62)69/h4,6-7,10-11,15-16,19-21,31,37,39-40,48,73H,3,5,8-9,12-14,17-18,22-28H2,1-2H3,(H,56,63)(H,57,64)(H,58,71)(H,59,65)(H,60,67)(H,61,66)/t31?,37?,39-,40-,48?,54-/m0/s1. The van der Waals surface area contributed by atoms with Gasteiger partial charge in [-0.25, -0.2) is 9.18 Å². The van der Waals surface area contributed by atoms with Crippen molar-refractivity contribution in [2.45, 2.75) is 95.7 Å². The summed E-state index contributed by atoms with van der Waals surface area (Å²) in [5.74, 6) is -7.27. The predicted molar refractivity (Wildman–Crippen MR) is 264 cm³/mol. The first-order chi connectivity index (χ1) is 35.9. The van der Waals surface area contributed by atoms with E-state index < -0.39 is 98.0 Å². The monoisotopic (exact) mass is 1030 g/mol. The molecule has 0 saturated heterocycles. The van der Waals surface area contributed by atoms with Gasteiger partial charge in [0.2, 0.25) is 41.2 Å². The van der Waals surface area contributed by atoms with Gasteiger partial charge in [0.05, 0.1) is 31.6 Å². The number of fused-ring (bicyclic) bond motifs is 3. The van der Waals surface area contributed by atoms with Crippen LogP contribution < -0.4 is 31.9 Å². The van der Waals surface area contributed by atoms with E-state index in [0.29, 0.717) is 54.4 Å². The first kappa shape index (κ1) is 53.6. The summed E-state index contributed by atoms with van der Waals surface area (Å²) in [6.45, 7) is 1.38. The van der Waals surface area contributed by atoms with Gasteiger partial charge < -0.3 is 46.5 Å². The molecule has 8 amide bonds. The lowest BCUT2D eigenvalue weighted by Gasteiger charge is -2.44. The Labute approximate surface area is 431 Å². The Hall–Kier alpha value is -7.65. The lowest BCUT2D eigenvalue weighted by Crippen LogP contribution is -2.52. The number of ether oxygens (including phenoxy) is 2. The van der Waals surface area contributed by atoms with Crippen molar-refractivity contribution in [2.75, 3.05) is 39.5 Å². The number of ketones is 1. The van der Waals surface area contributed by atoms with Crippen LogP contribution in [-0.2, 0) is 63.8 Å². The number of nitrogens with one attached hydrogen (secondary N) is 6. The number of imide groups is 1. The smallest absolute Gasteiger partial charge is 0.343 e. The average Bonchev–Trinajstić information content (AvgIpc) is 3.94. The highest BCUT2D eigenvalue weighted by Gasteiger charge is 2.52. The number of carbonyl (C=O) groups is 10. The van der Waals surface area contributed by atoms with Crippen LogP contribution in [0.25, 0.3) is 0 Å². The van der Waals surface area contributed by atoms with Gasteiger partial charge in [-0.15, -0.1) is 0 Å². The molecule has 2 heterocycles. The number of rotatable bonds is 22. The van der Waals surface area contributed by atoms with Crippen LogP contribution in [0.15, 0.2) is 111 Å². The number of carbonyl (C=O) groups excluding carboxylic acids is 10. The van der Waals surface area contributed by atoms with E-state index in [1.165, 1.54) is 12.2 Å². The molecule has 3 unspecified atom stereocenters. The Bertz CT molecular complexity index is 2810. The largest absolute Gasteiger partial charge is 0.420 e. The van der Waals surface area contributed by atoms with Crippen LogP contribution in [-0.4, -0.2) is 126 Å². The van der Waals surface area contributed by atoms with E-state index in [-0.39, 0.29) is 79.7 Å². The number of halogens is 1. The van der Waals surface area contributed by atoms with Gasteiger partial charge in [0.15, 0.2) is 11.4 Å². The van der Waals surface area contributed by atoms with E-state index in [4.69, 9.17) is 9.47 Å². The van der Waals surface area contributed by atoms with Crippen LogP contribution in [0.4, 0.5) is 4.39 Å². The number of nitrogens with zero attached hydrogens (tertiary/aromatic N) is 1. The summed E-state index contributed by atoms with van der Waals surface area (Å²) in [6, 6.07) is 7.13. The second-order valence-corrected chi connectivity index (χ2v) is 19.6. The Kier molecular flexibility index (Phi) is 16.6. The van der Waals surface area contributed by atoms with Crippen molar-refractivity contribution in [3.8, 4) is 0 Å². The fourth-order valence-corrected chi connectivity index (χ4v) is 10.7. The summed E-state index contributed by atoms with van der Waals surface area (Å²) >= 11 is 0. The second kappa shape index (κ2) is 23.3. The zero-order valence-corrected chi connectivity index (χ0v) is 41.6. The van der Waals surface area contributed by atoms with Crippen LogP contribution in [0.5, 0.6) is 0 Å². The molecule has 7 aliphatic rings. The summed E-state index contributed by atoms with van der Waals surface area (Å²) < 4.78 is 26.4. The number of Topliss-reactive ketones (excluding diaryl/α,β-unsaturated/α-hetero) is 1. The van der Waals surface area contributed by atoms with Crippen molar-refractivity contribution >= 4 is 59.0 Å². The van der Waals surface area contributed by atoms with Crippen LogP contribution >= 0.6 is 0 Å². The Balaban J connectivity index is 0.787. The molecule has 21 heteroatoms. The molecule has 8 rings (SSSR count). The van der Waals surface area contributed by atoms with E-state index in [1.54, 1.807) is 50.3 Å². The highest BCUT2D eigenvalue weighted by Crippen LogP contribution is 2.57. The predicted octanol–water partition coefficient (Wildman–Crippen LogP) is 1.44. The van der Waals surface area contributed by atoms with Gasteiger partial charge in [-0.1, -0.05) is 61.4 Å². The van der Waals surface area contributed by atoms with Crippen LogP contribution in [0.1, 0.15) is 77.2 Å². The molecule has 20 nitrogen and oxygen atoms in total. The third-order valence-electron chi connectivity index (χ3n) is 14.7. The van der Waals surface area contributed by atoms with Crippen LogP contribution in [0, 0.1) is 17.8 Å². The minimum absolute atomic E-state index is 0.0456. The molecule has 1 aromatic rings. The molecule has 75 heavy (non-hydrogen) atoms. The van der Waals surface area contributed by atoms with E-state index in [0.717, 1.165) is 27.2 Å². The van der Waals surface area contributed by atoms with Crippen molar-refractivity contribution in [1.82, 2.24) is 36.8 Å². The summed E-state index contributed by atoms with van der Waals surface area (Å²) in [4.78, 5) is 128. The maximum Gasteiger partial charge on any atom is 0.343 e. The van der Waals surface area contributed by atoms with Gasteiger partial charge in [-0.3, -0.25) is 48.1 Å². The fraction of sp³-hybridized carbons (Fsp3) is 0.444. The van der Waals surface area contributed by atoms with Gasteiger partial charge in [0.25, 0.3) is 11.8 Å². The zero-order chi connectivity index (χ0) is 53.6. The minimum Gasteiger partial charge on any atom is -0.420 e. The van der Waals surface area contributed by atoms with Gasteiger partial charge >= 0.3 is 5.97 Å². The molecule has 2 aliphatic heterocycles. The minimum atomic E-state index is -1.77.